The van der Waals surface area contributed by atoms with Crippen molar-refractivity contribution >= 4 is 23.1 Å². The highest BCUT2D eigenvalue weighted by atomic mass is 16.6. The largest absolute Gasteiger partial charge is 0.507 e. The number of rotatable bonds is 7. The SMILES string of the molecule is COc1ccc(C(O)=C2C(=O)C(=O)N(CCN3CCOCC3)[C@H]2c2ccc([N+](=O)[O-])cc2)cc1C. The van der Waals surface area contributed by atoms with E-state index in [2.05, 4.69) is 4.90 Å². The Balaban J connectivity index is 1.76. The first-order chi connectivity index (χ1) is 16.8. The van der Waals surface area contributed by atoms with Crippen molar-refractivity contribution < 1.29 is 29.1 Å². The van der Waals surface area contributed by atoms with Crippen molar-refractivity contribution in [3.63, 3.8) is 0 Å². The van der Waals surface area contributed by atoms with Crippen LogP contribution >= 0.6 is 0 Å². The van der Waals surface area contributed by atoms with Crippen LogP contribution in [0.25, 0.3) is 5.76 Å². The van der Waals surface area contributed by atoms with Crippen molar-refractivity contribution in [2.24, 2.45) is 0 Å². The molecule has 1 amide bonds. The molecular weight excluding hydrogens is 454 g/mol. The van der Waals surface area contributed by atoms with Gasteiger partial charge in [0.15, 0.2) is 0 Å². The number of ether oxygens (including phenoxy) is 2. The number of aliphatic hydroxyl groups is 1. The molecule has 0 spiro atoms. The Bertz CT molecular complexity index is 1170. The van der Waals surface area contributed by atoms with Gasteiger partial charge in [-0.15, -0.1) is 0 Å². The van der Waals surface area contributed by atoms with E-state index >= 15 is 0 Å². The number of aryl methyl sites for hydroxylation is 1. The van der Waals surface area contributed by atoms with Crippen LogP contribution in [0.1, 0.15) is 22.7 Å². The molecule has 1 N–H and O–H groups in total. The number of morpholine rings is 1. The molecule has 2 saturated heterocycles. The number of benzene rings is 2. The molecule has 184 valence electrons. The lowest BCUT2D eigenvalue weighted by Crippen LogP contribution is -2.42. The zero-order valence-corrected chi connectivity index (χ0v) is 19.6. The van der Waals surface area contributed by atoms with Crippen molar-refractivity contribution in [1.82, 2.24) is 9.80 Å². The van der Waals surface area contributed by atoms with E-state index in [0.717, 1.165) is 18.7 Å². The third-order valence-corrected chi connectivity index (χ3v) is 6.39. The summed E-state index contributed by atoms with van der Waals surface area (Å²) in [5, 5.41) is 22.3. The monoisotopic (exact) mass is 481 g/mol. The number of ketones is 1. The van der Waals surface area contributed by atoms with Crippen molar-refractivity contribution in [2.75, 3.05) is 46.5 Å². The first-order valence-corrected chi connectivity index (χ1v) is 11.3. The van der Waals surface area contributed by atoms with E-state index < -0.39 is 22.7 Å². The number of methoxy groups -OCH3 is 1. The number of hydrogen-bond acceptors (Lipinski definition) is 8. The fourth-order valence-electron chi connectivity index (χ4n) is 4.49. The smallest absolute Gasteiger partial charge is 0.295 e. The van der Waals surface area contributed by atoms with E-state index in [1.165, 1.54) is 36.3 Å². The van der Waals surface area contributed by atoms with E-state index in [0.29, 0.717) is 36.6 Å². The topological polar surface area (TPSA) is 122 Å². The first-order valence-electron chi connectivity index (χ1n) is 11.3. The predicted octanol–water partition coefficient (Wildman–Crippen LogP) is 2.67. The number of hydrogen-bond donors (Lipinski definition) is 1. The maximum absolute atomic E-state index is 13.2. The van der Waals surface area contributed by atoms with E-state index in [1.54, 1.807) is 18.2 Å². The van der Waals surface area contributed by atoms with Gasteiger partial charge in [0, 0.05) is 43.9 Å². The number of amides is 1. The van der Waals surface area contributed by atoms with Gasteiger partial charge in [-0.25, -0.2) is 0 Å². The maximum atomic E-state index is 13.2. The summed E-state index contributed by atoms with van der Waals surface area (Å²) < 4.78 is 10.6. The van der Waals surface area contributed by atoms with Gasteiger partial charge >= 0.3 is 0 Å². The molecule has 0 radical (unpaired) electrons. The number of nitro benzene ring substituents is 1. The number of carbonyl (C=O) groups is 2. The molecule has 2 heterocycles. The number of carbonyl (C=O) groups excluding carboxylic acids is 2. The number of aliphatic hydroxyl groups excluding tert-OH is 1. The Morgan fingerprint density at radius 1 is 1.14 bits per heavy atom. The van der Waals surface area contributed by atoms with Crippen LogP contribution in [0, 0.1) is 17.0 Å². The number of non-ortho nitro benzene ring substituents is 1. The predicted molar refractivity (Wildman–Crippen MR) is 127 cm³/mol. The van der Waals surface area contributed by atoms with Crippen LogP contribution in [0.15, 0.2) is 48.0 Å². The average Bonchev–Trinajstić information content (AvgIpc) is 3.12. The standard InChI is InChI=1S/C25H27N3O7/c1-16-15-18(5-8-20(16)34-2)23(29)21-22(17-3-6-19(7-4-17)28(32)33)27(25(31)24(21)30)10-9-26-11-13-35-14-12-26/h3-8,15,22,29H,9-14H2,1-2H3/t22-/m0/s1. The van der Waals surface area contributed by atoms with Gasteiger partial charge in [0.2, 0.25) is 0 Å². The second-order valence-electron chi connectivity index (χ2n) is 8.48. The summed E-state index contributed by atoms with van der Waals surface area (Å²) in [5.41, 5.74) is 1.48. The lowest BCUT2D eigenvalue weighted by molar-refractivity contribution is -0.384. The molecule has 0 unspecified atom stereocenters. The number of likely N-dealkylation sites (tertiary alicyclic amines) is 1. The summed E-state index contributed by atoms with van der Waals surface area (Å²) in [7, 11) is 1.54. The van der Waals surface area contributed by atoms with Crippen molar-refractivity contribution in [3.8, 4) is 5.75 Å². The minimum Gasteiger partial charge on any atom is -0.507 e. The van der Waals surface area contributed by atoms with Gasteiger partial charge in [0.1, 0.15) is 11.5 Å². The number of Topliss-reactive ketones (excluding diaryl/α,β-unsaturated/α-hetero) is 1. The summed E-state index contributed by atoms with van der Waals surface area (Å²) in [4.78, 5) is 40.5. The van der Waals surface area contributed by atoms with Gasteiger partial charge in [-0.1, -0.05) is 0 Å². The molecule has 2 fully saturated rings. The number of nitro groups is 1. The first kappa shape index (κ1) is 24.4. The van der Waals surface area contributed by atoms with Gasteiger partial charge in [-0.2, -0.15) is 0 Å². The van der Waals surface area contributed by atoms with E-state index in [9.17, 15) is 24.8 Å². The van der Waals surface area contributed by atoms with Gasteiger partial charge in [0.25, 0.3) is 17.4 Å². The quantitative estimate of drug-likeness (QED) is 0.211. The van der Waals surface area contributed by atoms with Gasteiger partial charge in [0.05, 0.1) is 36.9 Å². The van der Waals surface area contributed by atoms with Crippen molar-refractivity contribution in [3.05, 3.63) is 74.8 Å². The molecule has 10 nitrogen and oxygen atoms in total. The van der Waals surface area contributed by atoms with Crippen LogP contribution in [0.5, 0.6) is 5.75 Å². The van der Waals surface area contributed by atoms with E-state index in [1.807, 2.05) is 6.92 Å². The van der Waals surface area contributed by atoms with Gasteiger partial charge in [-0.05, 0) is 48.4 Å². The Morgan fingerprint density at radius 2 is 1.83 bits per heavy atom. The zero-order chi connectivity index (χ0) is 25.1. The van der Waals surface area contributed by atoms with Crippen LogP contribution in [0.4, 0.5) is 5.69 Å². The van der Waals surface area contributed by atoms with Crippen LogP contribution in [-0.2, 0) is 14.3 Å². The van der Waals surface area contributed by atoms with Crippen LogP contribution in [0.2, 0.25) is 0 Å². The number of nitrogens with zero attached hydrogens (tertiary/aromatic N) is 3. The highest BCUT2D eigenvalue weighted by molar-refractivity contribution is 6.46. The Morgan fingerprint density at radius 3 is 2.43 bits per heavy atom. The molecular formula is C25H27N3O7. The zero-order valence-electron chi connectivity index (χ0n) is 19.6. The summed E-state index contributed by atoms with van der Waals surface area (Å²) in [5.74, 6) is -1.18. The molecule has 2 aromatic rings. The van der Waals surface area contributed by atoms with Crippen molar-refractivity contribution in [2.45, 2.75) is 13.0 Å². The molecule has 2 aromatic carbocycles. The van der Waals surface area contributed by atoms with E-state index in [-0.39, 0.29) is 23.6 Å². The summed E-state index contributed by atoms with van der Waals surface area (Å²) in [6, 6.07) is 9.80. The van der Waals surface area contributed by atoms with E-state index in [4.69, 9.17) is 9.47 Å². The summed E-state index contributed by atoms with van der Waals surface area (Å²) in [6.07, 6.45) is 0. The second kappa shape index (κ2) is 10.2. The molecule has 10 heteroatoms. The Kier molecular flexibility index (Phi) is 7.13. The summed E-state index contributed by atoms with van der Waals surface area (Å²) >= 11 is 0. The van der Waals surface area contributed by atoms with Gasteiger partial charge in [-0.3, -0.25) is 24.6 Å². The molecule has 4 rings (SSSR count). The lowest BCUT2D eigenvalue weighted by Gasteiger charge is -2.31. The Hall–Kier alpha value is -3.76. The fourth-order valence-corrected chi connectivity index (χ4v) is 4.49. The van der Waals surface area contributed by atoms with Gasteiger partial charge < -0.3 is 19.5 Å². The highest BCUT2D eigenvalue weighted by Crippen LogP contribution is 2.40. The van der Waals surface area contributed by atoms with Crippen molar-refractivity contribution in [1.29, 1.82) is 0 Å². The molecule has 0 aromatic heterocycles. The highest BCUT2D eigenvalue weighted by Gasteiger charge is 2.46. The molecule has 0 saturated carbocycles. The molecule has 2 aliphatic heterocycles. The summed E-state index contributed by atoms with van der Waals surface area (Å²) in [6.45, 7) is 5.23. The van der Waals surface area contributed by atoms with Crippen LogP contribution in [-0.4, -0.2) is 78.0 Å². The fraction of sp³-hybridized carbons (Fsp3) is 0.360. The Labute approximate surface area is 202 Å². The molecule has 0 aliphatic carbocycles. The lowest BCUT2D eigenvalue weighted by atomic mass is 9.94. The third-order valence-electron chi connectivity index (χ3n) is 6.39. The van der Waals surface area contributed by atoms with Crippen LogP contribution < -0.4 is 4.74 Å². The average molecular weight is 482 g/mol. The third kappa shape index (κ3) is 4.89. The van der Waals surface area contributed by atoms with Crippen LogP contribution in [0.3, 0.4) is 0 Å². The maximum Gasteiger partial charge on any atom is 0.295 e. The molecule has 1 atom stereocenters. The molecule has 0 bridgehead atoms. The molecule has 35 heavy (non-hydrogen) atoms. The second-order valence-corrected chi connectivity index (χ2v) is 8.48. The minimum absolute atomic E-state index is 0.0459. The minimum atomic E-state index is -0.876. The molecule has 2 aliphatic rings. The normalized spacial score (nSPS) is 20.3.